The second-order valence-corrected chi connectivity index (χ2v) is 5.79. The number of nitrogens with one attached hydrogen (secondary N) is 2. The fraction of sp³-hybridized carbons (Fsp3) is 0.105. The number of carbonyl (C=O) groups is 1. The normalized spacial score (nSPS) is 11.9. The Hall–Kier alpha value is -3.68. The Labute approximate surface area is 154 Å². The zero-order valence-corrected chi connectivity index (χ0v) is 14.1. The quantitative estimate of drug-likeness (QED) is 0.721. The van der Waals surface area contributed by atoms with E-state index in [9.17, 15) is 9.18 Å². The molecule has 2 N–H and O–H groups in total. The molecular weight excluding hydrogens is 351 g/mol. The Morgan fingerprint density at radius 1 is 1.04 bits per heavy atom. The van der Waals surface area contributed by atoms with E-state index in [1.54, 1.807) is 30.3 Å². The average molecular weight is 366 g/mol. The summed E-state index contributed by atoms with van der Waals surface area (Å²) in [6, 6.07) is 11.3. The minimum atomic E-state index is -0.383. The molecule has 2 heterocycles. The molecule has 7 nitrogen and oxygen atoms in total. The Morgan fingerprint density at radius 2 is 1.85 bits per heavy atom. The summed E-state index contributed by atoms with van der Waals surface area (Å²) < 4.78 is 23.4. The molecule has 0 aliphatic carbocycles. The second kappa shape index (κ2) is 7.28. The molecule has 0 bridgehead atoms. The van der Waals surface area contributed by atoms with Crippen molar-refractivity contribution < 1.29 is 18.7 Å². The predicted molar refractivity (Wildman–Crippen MR) is 96.3 cm³/mol. The highest BCUT2D eigenvalue weighted by molar-refractivity contribution is 6.02. The number of amides is 1. The summed E-state index contributed by atoms with van der Waals surface area (Å²) in [5.41, 5.74) is 1.66. The number of nitrogens with zero attached hydrogens (tertiary/aromatic N) is 2. The van der Waals surface area contributed by atoms with Crippen molar-refractivity contribution in [2.24, 2.45) is 0 Å². The molecule has 0 saturated heterocycles. The number of ether oxygens (including phenoxy) is 2. The van der Waals surface area contributed by atoms with Crippen molar-refractivity contribution in [2.45, 2.75) is 6.54 Å². The van der Waals surface area contributed by atoms with Crippen LogP contribution in [0.15, 0.2) is 54.9 Å². The molecule has 0 atom stereocenters. The van der Waals surface area contributed by atoms with E-state index in [1.165, 1.54) is 24.5 Å². The molecule has 0 saturated carbocycles. The maximum absolute atomic E-state index is 12.9. The van der Waals surface area contributed by atoms with Gasteiger partial charge in [0.25, 0.3) is 5.91 Å². The maximum Gasteiger partial charge on any atom is 0.275 e. The highest BCUT2D eigenvalue weighted by Gasteiger charge is 2.15. The number of halogens is 1. The molecule has 0 fully saturated rings. The van der Waals surface area contributed by atoms with Crippen LogP contribution in [-0.4, -0.2) is 22.7 Å². The fourth-order valence-electron chi connectivity index (χ4n) is 2.50. The molecular formula is C19H15FN4O3. The van der Waals surface area contributed by atoms with E-state index in [2.05, 4.69) is 20.6 Å². The van der Waals surface area contributed by atoms with Gasteiger partial charge in [-0.3, -0.25) is 4.79 Å². The molecule has 0 unspecified atom stereocenters. The van der Waals surface area contributed by atoms with Crippen molar-refractivity contribution >= 4 is 17.4 Å². The van der Waals surface area contributed by atoms with E-state index in [0.717, 1.165) is 5.56 Å². The van der Waals surface area contributed by atoms with Gasteiger partial charge in [0.15, 0.2) is 11.5 Å². The first-order valence-corrected chi connectivity index (χ1v) is 8.19. The summed E-state index contributed by atoms with van der Waals surface area (Å²) in [6.45, 7) is 0.641. The van der Waals surface area contributed by atoms with E-state index < -0.39 is 0 Å². The van der Waals surface area contributed by atoms with Gasteiger partial charge in [-0.15, -0.1) is 0 Å². The predicted octanol–water partition coefficient (Wildman–Crippen LogP) is 3.21. The number of hydrogen-bond donors (Lipinski definition) is 2. The minimum Gasteiger partial charge on any atom is -0.454 e. The largest absolute Gasteiger partial charge is 0.454 e. The molecule has 4 rings (SSSR count). The topological polar surface area (TPSA) is 85.4 Å². The lowest BCUT2D eigenvalue weighted by atomic mass is 10.2. The lowest BCUT2D eigenvalue weighted by Crippen LogP contribution is -2.14. The van der Waals surface area contributed by atoms with Gasteiger partial charge in [0.2, 0.25) is 6.79 Å². The number of anilines is 2. The lowest BCUT2D eigenvalue weighted by molar-refractivity contribution is 0.102. The molecule has 27 heavy (non-hydrogen) atoms. The molecule has 1 amide bonds. The lowest BCUT2D eigenvalue weighted by Gasteiger charge is -2.07. The van der Waals surface area contributed by atoms with Crippen LogP contribution in [0.1, 0.15) is 16.1 Å². The van der Waals surface area contributed by atoms with Gasteiger partial charge in [-0.25, -0.2) is 14.4 Å². The maximum atomic E-state index is 12.9. The standard InChI is InChI=1S/C19H15FN4O3/c20-13-3-1-12(2-4-13)8-22-18-10-21-15(9-23-18)19(25)24-14-5-6-16-17(7-14)27-11-26-16/h1-7,9-10H,8,11H2,(H,22,23)(H,24,25). The van der Waals surface area contributed by atoms with Crippen LogP contribution in [0.2, 0.25) is 0 Å². The van der Waals surface area contributed by atoms with Crippen LogP contribution >= 0.6 is 0 Å². The Bertz CT molecular complexity index is 962. The molecule has 136 valence electrons. The molecule has 8 heteroatoms. The van der Waals surface area contributed by atoms with Crippen molar-refractivity contribution in [1.29, 1.82) is 0 Å². The van der Waals surface area contributed by atoms with E-state index in [-0.39, 0.29) is 24.2 Å². The fourth-order valence-corrected chi connectivity index (χ4v) is 2.50. The minimum absolute atomic E-state index is 0.171. The second-order valence-electron chi connectivity index (χ2n) is 5.79. The highest BCUT2D eigenvalue weighted by atomic mass is 19.1. The van der Waals surface area contributed by atoms with Crippen molar-refractivity contribution in [3.05, 3.63) is 71.9 Å². The van der Waals surface area contributed by atoms with Crippen LogP contribution in [-0.2, 0) is 6.54 Å². The third-order valence-electron chi connectivity index (χ3n) is 3.90. The zero-order chi connectivity index (χ0) is 18.6. The Kier molecular flexibility index (Phi) is 4.52. The molecule has 1 aliphatic rings. The van der Waals surface area contributed by atoms with Gasteiger partial charge in [-0.2, -0.15) is 0 Å². The van der Waals surface area contributed by atoms with Gasteiger partial charge in [-0.05, 0) is 29.8 Å². The number of benzene rings is 2. The van der Waals surface area contributed by atoms with Crippen LogP contribution in [0.3, 0.4) is 0 Å². The summed E-state index contributed by atoms with van der Waals surface area (Å²) in [5, 5.41) is 5.80. The molecule has 3 aromatic rings. The third-order valence-corrected chi connectivity index (χ3v) is 3.90. The molecule has 0 spiro atoms. The monoisotopic (exact) mass is 366 g/mol. The van der Waals surface area contributed by atoms with Crippen molar-refractivity contribution in [1.82, 2.24) is 9.97 Å². The van der Waals surface area contributed by atoms with Crippen molar-refractivity contribution in [3.8, 4) is 11.5 Å². The SMILES string of the molecule is O=C(Nc1ccc2c(c1)OCO2)c1cnc(NCc2ccc(F)cc2)cn1. The van der Waals surface area contributed by atoms with Crippen LogP contribution in [0.25, 0.3) is 0 Å². The Balaban J connectivity index is 1.36. The highest BCUT2D eigenvalue weighted by Crippen LogP contribution is 2.34. The third kappa shape index (κ3) is 3.95. The first-order valence-electron chi connectivity index (χ1n) is 8.19. The first kappa shape index (κ1) is 16.8. The van der Waals surface area contributed by atoms with E-state index in [1.807, 2.05) is 0 Å². The van der Waals surface area contributed by atoms with Gasteiger partial charge >= 0.3 is 0 Å². The number of fused-ring (bicyclic) bond motifs is 1. The summed E-state index contributed by atoms with van der Waals surface area (Å²) in [5.74, 6) is 1.07. The smallest absolute Gasteiger partial charge is 0.275 e. The summed E-state index contributed by atoms with van der Waals surface area (Å²) in [7, 11) is 0. The summed E-state index contributed by atoms with van der Waals surface area (Å²) in [4.78, 5) is 20.6. The molecule has 0 radical (unpaired) electrons. The van der Waals surface area contributed by atoms with Crippen LogP contribution in [0, 0.1) is 5.82 Å². The van der Waals surface area contributed by atoms with Crippen LogP contribution in [0.5, 0.6) is 11.5 Å². The van der Waals surface area contributed by atoms with Crippen molar-refractivity contribution in [3.63, 3.8) is 0 Å². The Morgan fingerprint density at radius 3 is 2.63 bits per heavy atom. The van der Waals surface area contributed by atoms with Crippen molar-refractivity contribution in [2.75, 3.05) is 17.4 Å². The number of hydrogen-bond acceptors (Lipinski definition) is 6. The average Bonchev–Trinajstić information content (AvgIpc) is 3.16. The van der Waals surface area contributed by atoms with Gasteiger partial charge in [0, 0.05) is 18.3 Å². The van der Waals surface area contributed by atoms with Crippen LogP contribution in [0.4, 0.5) is 15.9 Å². The number of carbonyl (C=O) groups excluding carboxylic acids is 1. The van der Waals surface area contributed by atoms with E-state index >= 15 is 0 Å². The van der Waals surface area contributed by atoms with Gasteiger partial charge in [-0.1, -0.05) is 12.1 Å². The summed E-state index contributed by atoms with van der Waals surface area (Å²) >= 11 is 0. The molecule has 1 aliphatic heterocycles. The zero-order valence-electron chi connectivity index (χ0n) is 14.1. The van der Waals surface area contributed by atoms with Gasteiger partial charge < -0.3 is 20.1 Å². The first-order chi connectivity index (χ1) is 13.2. The van der Waals surface area contributed by atoms with E-state index in [4.69, 9.17) is 9.47 Å². The number of aromatic nitrogens is 2. The number of rotatable bonds is 5. The van der Waals surface area contributed by atoms with E-state index in [0.29, 0.717) is 29.5 Å². The molecule has 1 aromatic heterocycles. The van der Waals surface area contributed by atoms with Gasteiger partial charge in [0.1, 0.15) is 17.3 Å². The van der Waals surface area contributed by atoms with Crippen LogP contribution < -0.4 is 20.1 Å². The summed E-state index contributed by atoms with van der Waals surface area (Å²) in [6.07, 6.45) is 2.85. The van der Waals surface area contributed by atoms with Gasteiger partial charge in [0.05, 0.1) is 12.4 Å². The molecule has 2 aromatic carbocycles.